The molecule has 4 fully saturated rings. The number of hydrogen-bond acceptors (Lipinski definition) is 6. The van der Waals surface area contributed by atoms with Crippen LogP contribution in [-0.4, -0.2) is 29.1 Å². The summed E-state index contributed by atoms with van der Waals surface area (Å²) in [5, 5.41) is 0. The predicted octanol–water partition coefficient (Wildman–Crippen LogP) is 5.29. The summed E-state index contributed by atoms with van der Waals surface area (Å²) in [6.07, 6.45) is 2.57. The van der Waals surface area contributed by atoms with Crippen molar-refractivity contribution in [2.24, 2.45) is 17.8 Å². The van der Waals surface area contributed by atoms with Gasteiger partial charge in [0.05, 0.1) is 0 Å². The Morgan fingerprint density at radius 2 is 1.79 bits per heavy atom. The van der Waals surface area contributed by atoms with Gasteiger partial charge < -0.3 is 18.9 Å². The Kier molecular flexibility index (Phi) is 4.79. The number of carbonyl (C=O) groups excluding carboxylic acids is 2. The van der Waals surface area contributed by atoms with Crippen LogP contribution in [0.15, 0.2) is 24.3 Å². The zero-order valence-electron chi connectivity index (χ0n) is 17.5. The Hall–Kier alpha value is -2.24. The summed E-state index contributed by atoms with van der Waals surface area (Å²) in [6.45, 7) is 7.59. The van der Waals surface area contributed by atoms with Crippen molar-refractivity contribution in [3.05, 3.63) is 30.3 Å². The van der Waals surface area contributed by atoms with Crippen LogP contribution in [0.1, 0.15) is 59.8 Å². The summed E-state index contributed by atoms with van der Waals surface area (Å²) in [6, 6.07) is 9.57. The van der Waals surface area contributed by atoms with Crippen LogP contribution in [0.5, 0.6) is 5.75 Å². The standard InChI is InChI=1S/C23H29O6/c1-15-17-10-16-11-22(13-17,28-19(24)26-18-8-6-5-7-9-18)14-23(15,12-16)29-20(25)27-21(2,3)4/h6-9,15-17H,10-14H2,1-4H3. The molecule has 0 aromatic heterocycles. The summed E-state index contributed by atoms with van der Waals surface area (Å²) in [7, 11) is 0. The van der Waals surface area contributed by atoms with E-state index in [1.807, 2.05) is 20.8 Å². The number of hydrogen-bond donors (Lipinski definition) is 0. The molecule has 4 aliphatic carbocycles. The lowest BCUT2D eigenvalue weighted by atomic mass is 9.48. The maximum atomic E-state index is 12.5. The Labute approximate surface area is 171 Å². The van der Waals surface area contributed by atoms with E-state index < -0.39 is 29.1 Å². The van der Waals surface area contributed by atoms with Crippen molar-refractivity contribution in [3.63, 3.8) is 0 Å². The van der Waals surface area contributed by atoms with E-state index in [0.29, 0.717) is 24.0 Å². The molecule has 157 valence electrons. The van der Waals surface area contributed by atoms with Crippen molar-refractivity contribution in [1.29, 1.82) is 0 Å². The van der Waals surface area contributed by atoms with Gasteiger partial charge in [-0.15, -0.1) is 0 Å². The van der Waals surface area contributed by atoms with Gasteiger partial charge in [-0.25, -0.2) is 9.59 Å². The monoisotopic (exact) mass is 401 g/mol. The molecule has 0 amide bonds. The van der Waals surface area contributed by atoms with Gasteiger partial charge in [0.25, 0.3) is 0 Å². The second-order valence-electron chi connectivity index (χ2n) is 9.94. The fourth-order valence-electron chi connectivity index (χ4n) is 5.71. The molecule has 1 radical (unpaired) electrons. The van der Waals surface area contributed by atoms with Crippen molar-refractivity contribution in [3.8, 4) is 5.75 Å². The number of benzene rings is 1. The molecular weight excluding hydrogens is 372 g/mol. The SMILES string of the molecule is CC1C2CC3CC(OC(=O)Oc4cc[c]cc4)(C2)CC1(OC(=O)OC(C)(C)C)C3. The summed E-state index contributed by atoms with van der Waals surface area (Å²) in [5.74, 6) is 1.33. The lowest BCUT2D eigenvalue weighted by Crippen LogP contribution is -2.65. The van der Waals surface area contributed by atoms with Crippen LogP contribution in [-0.2, 0) is 14.2 Å². The summed E-state index contributed by atoms with van der Waals surface area (Å²) in [5.41, 5.74) is -1.93. The van der Waals surface area contributed by atoms with Gasteiger partial charge in [-0.1, -0.05) is 19.1 Å². The fourth-order valence-corrected chi connectivity index (χ4v) is 5.71. The van der Waals surface area contributed by atoms with E-state index in [9.17, 15) is 9.59 Å². The van der Waals surface area contributed by atoms with E-state index in [1.54, 1.807) is 24.3 Å². The molecule has 4 aliphatic rings. The van der Waals surface area contributed by atoms with Crippen LogP contribution in [0, 0.1) is 23.8 Å². The number of rotatable bonds is 3. The van der Waals surface area contributed by atoms with Crippen LogP contribution in [0.3, 0.4) is 0 Å². The smallest absolute Gasteiger partial charge is 0.429 e. The van der Waals surface area contributed by atoms with Gasteiger partial charge in [0.2, 0.25) is 0 Å². The van der Waals surface area contributed by atoms with Gasteiger partial charge in [-0.3, -0.25) is 0 Å². The third-order valence-corrected chi connectivity index (χ3v) is 6.59. The van der Waals surface area contributed by atoms with E-state index in [4.69, 9.17) is 18.9 Å². The van der Waals surface area contributed by atoms with Crippen molar-refractivity contribution >= 4 is 12.3 Å². The first kappa shape index (κ1) is 20.0. The molecule has 5 unspecified atom stereocenters. The van der Waals surface area contributed by atoms with E-state index >= 15 is 0 Å². The van der Waals surface area contributed by atoms with Crippen molar-refractivity contribution < 1.29 is 28.5 Å². The molecular formula is C23H29O6. The highest BCUT2D eigenvalue weighted by Crippen LogP contribution is 2.62. The van der Waals surface area contributed by atoms with Gasteiger partial charge in [0, 0.05) is 6.42 Å². The number of carbonyl (C=O) groups is 2. The number of ether oxygens (including phenoxy) is 4. The van der Waals surface area contributed by atoms with E-state index in [-0.39, 0.29) is 5.92 Å². The molecule has 4 saturated carbocycles. The van der Waals surface area contributed by atoms with Gasteiger partial charge in [-0.2, -0.15) is 0 Å². The second kappa shape index (κ2) is 6.92. The van der Waals surface area contributed by atoms with Gasteiger partial charge >= 0.3 is 12.3 Å². The third-order valence-electron chi connectivity index (χ3n) is 6.59. The van der Waals surface area contributed by atoms with Crippen molar-refractivity contribution in [2.45, 2.75) is 76.6 Å². The van der Waals surface area contributed by atoms with Gasteiger partial charge in [0.1, 0.15) is 22.6 Å². The Bertz CT molecular complexity index is 784. The highest BCUT2D eigenvalue weighted by molar-refractivity contribution is 5.65. The lowest BCUT2D eigenvalue weighted by Gasteiger charge is -2.62. The molecule has 0 N–H and O–H groups in total. The molecule has 0 heterocycles. The van der Waals surface area contributed by atoms with Crippen molar-refractivity contribution in [2.75, 3.05) is 0 Å². The molecule has 1 aromatic rings. The maximum absolute atomic E-state index is 12.5. The van der Waals surface area contributed by atoms with Gasteiger partial charge in [0.15, 0.2) is 0 Å². The molecule has 0 spiro atoms. The van der Waals surface area contributed by atoms with Crippen LogP contribution in [0.25, 0.3) is 0 Å². The molecule has 5 atom stereocenters. The van der Waals surface area contributed by atoms with Crippen LogP contribution >= 0.6 is 0 Å². The summed E-state index contributed by atoms with van der Waals surface area (Å²) in [4.78, 5) is 25.0. The maximum Gasteiger partial charge on any atom is 0.514 e. The highest BCUT2D eigenvalue weighted by atomic mass is 16.7. The molecule has 6 nitrogen and oxygen atoms in total. The predicted molar refractivity (Wildman–Crippen MR) is 104 cm³/mol. The fraction of sp³-hybridized carbons (Fsp3) is 0.652. The molecule has 4 bridgehead atoms. The topological polar surface area (TPSA) is 71.1 Å². The molecule has 1 aromatic carbocycles. The van der Waals surface area contributed by atoms with Gasteiger partial charge in [-0.05, 0) is 82.4 Å². The molecule has 6 heteroatoms. The first-order chi connectivity index (χ1) is 13.6. The molecule has 0 aliphatic heterocycles. The average Bonchev–Trinajstić information content (AvgIpc) is 2.57. The van der Waals surface area contributed by atoms with Crippen LogP contribution in [0.2, 0.25) is 0 Å². The molecule has 5 rings (SSSR count). The zero-order chi connectivity index (χ0) is 20.9. The molecule has 29 heavy (non-hydrogen) atoms. The highest BCUT2D eigenvalue weighted by Gasteiger charge is 2.65. The van der Waals surface area contributed by atoms with Crippen LogP contribution < -0.4 is 4.74 Å². The zero-order valence-corrected chi connectivity index (χ0v) is 17.5. The van der Waals surface area contributed by atoms with E-state index in [0.717, 1.165) is 25.7 Å². The first-order valence-electron chi connectivity index (χ1n) is 10.4. The minimum absolute atomic E-state index is 0.198. The van der Waals surface area contributed by atoms with E-state index in [2.05, 4.69) is 13.0 Å². The lowest BCUT2D eigenvalue weighted by molar-refractivity contribution is -0.236. The Morgan fingerprint density at radius 1 is 1.07 bits per heavy atom. The molecule has 0 saturated heterocycles. The average molecular weight is 401 g/mol. The van der Waals surface area contributed by atoms with Crippen LogP contribution in [0.4, 0.5) is 9.59 Å². The minimum atomic E-state index is -0.710. The minimum Gasteiger partial charge on any atom is -0.429 e. The quantitative estimate of drug-likeness (QED) is 0.506. The third kappa shape index (κ3) is 4.07. The largest absolute Gasteiger partial charge is 0.514 e. The summed E-state index contributed by atoms with van der Waals surface area (Å²) >= 11 is 0. The van der Waals surface area contributed by atoms with Crippen molar-refractivity contribution in [1.82, 2.24) is 0 Å². The normalized spacial score (nSPS) is 35.1. The Morgan fingerprint density at radius 3 is 2.48 bits per heavy atom. The second-order valence-corrected chi connectivity index (χ2v) is 9.94. The first-order valence-corrected chi connectivity index (χ1v) is 10.4. The van der Waals surface area contributed by atoms with E-state index in [1.165, 1.54) is 0 Å². The summed E-state index contributed by atoms with van der Waals surface area (Å²) < 4.78 is 22.6. The Balaban J connectivity index is 1.50.